The van der Waals surface area contributed by atoms with Crippen LogP contribution in [-0.4, -0.2) is 20.1 Å². The topological polar surface area (TPSA) is 56.9 Å². The van der Waals surface area contributed by atoms with Gasteiger partial charge >= 0.3 is 0 Å². The molecule has 128 valence electrons. The van der Waals surface area contributed by atoms with Crippen LogP contribution < -0.4 is 5.56 Å². The summed E-state index contributed by atoms with van der Waals surface area (Å²) in [5, 5.41) is 4.51. The van der Waals surface area contributed by atoms with Crippen LogP contribution >= 0.6 is 15.9 Å². The number of ketones is 1. The van der Waals surface area contributed by atoms with Crippen LogP contribution in [0, 0.1) is 13.8 Å². The van der Waals surface area contributed by atoms with Gasteiger partial charge in [-0.2, -0.15) is 5.10 Å². The van der Waals surface area contributed by atoms with Gasteiger partial charge in [-0.1, -0.05) is 30.3 Å². The molecular formula is C19H18BrN3O2. The molecule has 0 saturated heterocycles. The second kappa shape index (κ2) is 7.19. The number of carbonyl (C=O) groups is 1. The standard InChI is InChI=1S/C19H18BrN3O2/c1-13-19(17(24)12-22-11-16(20)8-9-18(22)25)14(2)23(21-13)10-15-6-4-3-5-7-15/h3-9,11H,10,12H2,1-2H3. The molecule has 2 heterocycles. The molecular weight excluding hydrogens is 382 g/mol. The van der Waals surface area contributed by atoms with Crippen molar-refractivity contribution in [3.63, 3.8) is 0 Å². The van der Waals surface area contributed by atoms with E-state index in [1.54, 1.807) is 12.3 Å². The second-order valence-electron chi connectivity index (χ2n) is 5.93. The Morgan fingerprint density at radius 3 is 2.56 bits per heavy atom. The number of pyridine rings is 1. The van der Waals surface area contributed by atoms with E-state index in [9.17, 15) is 9.59 Å². The molecule has 3 aromatic rings. The van der Waals surface area contributed by atoms with Crippen molar-refractivity contribution in [2.45, 2.75) is 26.9 Å². The monoisotopic (exact) mass is 399 g/mol. The molecule has 0 aliphatic carbocycles. The molecule has 3 rings (SSSR count). The number of rotatable bonds is 5. The lowest BCUT2D eigenvalue weighted by Crippen LogP contribution is -2.23. The number of Topliss-reactive ketones (excluding diaryl/α,β-unsaturated/α-hetero) is 1. The molecule has 0 radical (unpaired) electrons. The molecule has 1 aromatic carbocycles. The minimum Gasteiger partial charge on any atom is -0.307 e. The van der Waals surface area contributed by atoms with Crippen molar-refractivity contribution >= 4 is 21.7 Å². The lowest BCUT2D eigenvalue weighted by atomic mass is 10.1. The van der Waals surface area contributed by atoms with Crippen LogP contribution in [-0.2, 0) is 13.1 Å². The molecule has 0 amide bonds. The van der Waals surface area contributed by atoms with Crippen molar-refractivity contribution < 1.29 is 4.79 Å². The zero-order valence-corrected chi connectivity index (χ0v) is 15.7. The summed E-state index contributed by atoms with van der Waals surface area (Å²) in [6.45, 7) is 4.32. The van der Waals surface area contributed by atoms with Gasteiger partial charge in [0, 0.05) is 22.4 Å². The minimum atomic E-state index is -0.205. The molecule has 5 nitrogen and oxygen atoms in total. The zero-order valence-electron chi connectivity index (χ0n) is 14.1. The Balaban J connectivity index is 1.88. The van der Waals surface area contributed by atoms with Crippen LogP contribution in [0.5, 0.6) is 0 Å². The third kappa shape index (κ3) is 3.79. The van der Waals surface area contributed by atoms with Crippen molar-refractivity contribution in [2.75, 3.05) is 0 Å². The maximum absolute atomic E-state index is 12.8. The number of hydrogen-bond acceptors (Lipinski definition) is 3. The fourth-order valence-corrected chi connectivity index (χ4v) is 3.25. The maximum Gasteiger partial charge on any atom is 0.251 e. The molecule has 25 heavy (non-hydrogen) atoms. The molecule has 0 atom stereocenters. The van der Waals surface area contributed by atoms with Gasteiger partial charge < -0.3 is 4.57 Å². The van der Waals surface area contributed by atoms with Gasteiger partial charge in [0.2, 0.25) is 0 Å². The number of aryl methyl sites for hydroxylation is 1. The van der Waals surface area contributed by atoms with Crippen molar-refractivity contribution in [1.29, 1.82) is 0 Å². The molecule has 0 aliphatic heterocycles. The fraction of sp³-hybridized carbons (Fsp3) is 0.211. The van der Waals surface area contributed by atoms with E-state index in [0.29, 0.717) is 17.8 Å². The van der Waals surface area contributed by atoms with E-state index in [-0.39, 0.29) is 17.9 Å². The predicted octanol–water partition coefficient (Wildman–Crippen LogP) is 3.36. The van der Waals surface area contributed by atoms with Crippen molar-refractivity contribution in [1.82, 2.24) is 14.3 Å². The van der Waals surface area contributed by atoms with Crippen LogP contribution in [0.3, 0.4) is 0 Å². The number of nitrogens with zero attached hydrogens (tertiary/aromatic N) is 3. The molecule has 0 N–H and O–H groups in total. The van der Waals surface area contributed by atoms with E-state index in [2.05, 4.69) is 21.0 Å². The molecule has 6 heteroatoms. The summed E-state index contributed by atoms with van der Waals surface area (Å²) in [5.41, 5.74) is 3.00. The van der Waals surface area contributed by atoms with E-state index in [0.717, 1.165) is 15.7 Å². The summed E-state index contributed by atoms with van der Waals surface area (Å²) in [5.74, 6) is -0.116. The Bertz CT molecular complexity index is 974. The highest BCUT2D eigenvalue weighted by Gasteiger charge is 2.19. The van der Waals surface area contributed by atoms with Crippen LogP contribution in [0.25, 0.3) is 0 Å². The summed E-state index contributed by atoms with van der Waals surface area (Å²) in [6, 6.07) is 13.1. The fourth-order valence-electron chi connectivity index (χ4n) is 2.87. The normalized spacial score (nSPS) is 10.8. The van der Waals surface area contributed by atoms with E-state index in [4.69, 9.17) is 0 Å². The van der Waals surface area contributed by atoms with Gasteiger partial charge in [-0.25, -0.2) is 0 Å². The second-order valence-corrected chi connectivity index (χ2v) is 6.84. The van der Waals surface area contributed by atoms with Gasteiger partial charge in [0.25, 0.3) is 5.56 Å². The molecule has 0 bridgehead atoms. The SMILES string of the molecule is Cc1nn(Cc2ccccc2)c(C)c1C(=O)Cn1cc(Br)ccc1=O. The Kier molecular flexibility index (Phi) is 4.99. The number of carbonyl (C=O) groups excluding carboxylic acids is 1. The van der Waals surface area contributed by atoms with Gasteiger partial charge in [-0.15, -0.1) is 0 Å². The largest absolute Gasteiger partial charge is 0.307 e. The van der Waals surface area contributed by atoms with Crippen LogP contribution in [0.15, 0.2) is 57.9 Å². The average Bonchev–Trinajstić information content (AvgIpc) is 2.86. The maximum atomic E-state index is 12.8. The molecule has 0 fully saturated rings. The summed E-state index contributed by atoms with van der Waals surface area (Å²) in [6.07, 6.45) is 1.62. The van der Waals surface area contributed by atoms with Gasteiger partial charge in [0.15, 0.2) is 5.78 Å². The van der Waals surface area contributed by atoms with Gasteiger partial charge in [0.1, 0.15) is 0 Å². The van der Waals surface area contributed by atoms with Crippen LogP contribution in [0.1, 0.15) is 27.3 Å². The highest BCUT2D eigenvalue weighted by Crippen LogP contribution is 2.16. The molecule has 0 aliphatic rings. The average molecular weight is 400 g/mol. The number of hydrogen-bond donors (Lipinski definition) is 0. The minimum absolute atomic E-state index is 0.00299. The first-order valence-corrected chi connectivity index (χ1v) is 8.72. The summed E-state index contributed by atoms with van der Waals surface area (Å²) >= 11 is 3.33. The zero-order chi connectivity index (χ0) is 18.0. The summed E-state index contributed by atoms with van der Waals surface area (Å²) < 4.78 is 4.00. The Morgan fingerprint density at radius 1 is 1.12 bits per heavy atom. The third-order valence-corrected chi connectivity index (χ3v) is 4.57. The summed E-state index contributed by atoms with van der Waals surface area (Å²) in [7, 11) is 0. The number of halogens is 1. The highest BCUT2D eigenvalue weighted by atomic mass is 79.9. The molecule has 2 aromatic heterocycles. The Morgan fingerprint density at radius 2 is 1.84 bits per heavy atom. The predicted molar refractivity (Wildman–Crippen MR) is 100.0 cm³/mol. The third-order valence-electron chi connectivity index (χ3n) is 4.10. The van der Waals surface area contributed by atoms with Crippen molar-refractivity contribution in [2.24, 2.45) is 0 Å². The van der Waals surface area contributed by atoms with Gasteiger partial charge in [-0.3, -0.25) is 14.3 Å². The van der Waals surface area contributed by atoms with E-state index in [1.165, 1.54) is 10.6 Å². The van der Waals surface area contributed by atoms with E-state index >= 15 is 0 Å². The Labute approximate surface area is 154 Å². The smallest absolute Gasteiger partial charge is 0.251 e. The number of aromatic nitrogens is 3. The first-order chi connectivity index (χ1) is 12.0. The van der Waals surface area contributed by atoms with Gasteiger partial charge in [0.05, 0.1) is 24.3 Å². The van der Waals surface area contributed by atoms with Crippen LogP contribution in [0.2, 0.25) is 0 Å². The lowest BCUT2D eigenvalue weighted by Gasteiger charge is -2.07. The van der Waals surface area contributed by atoms with Crippen LogP contribution in [0.4, 0.5) is 0 Å². The first kappa shape index (κ1) is 17.4. The Hall–Kier alpha value is -2.47. The van der Waals surface area contributed by atoms with Gasteiger partial charge in [-0.05, 0) is 41.4 Å². The van der Waals surface area contributed by atoms with Crippen molar-refractivity contribution in [3.05, 3.63) is 86.0 Å². The molecule has 0 unspecified atom stereocenters. The summed E-state index contributed by atoms with van der Waals surface area (Å²) in [4.78, 5) is 24.7. The van der Waals surface area contributed by atoms with Crippen molar-refractivity contribution in [3.8, 4) is 0 Å². The highest BCUT2D eigenvalue weighted by molar-refractivity contribution is 9.10. The molecule has 0 spiro atoms. The molecule has 0 saturated carbocycles. The van der Waals surface area contributed by atoms with E-state index < -0.39 is 0 Å². The lowest BCUT2D eigenvalue weighted by molar-refractivity contribution is 0.0969. The quantitative estimate of drug-likeness (QED) is 0.618. The van der Waals surface area contributed by atoms with E-state index in [1.807, 2.05) is 48.9 Å². The number of benzene rings is 1. The first-order valence-electron chi connectivity index (χ1n) is 7.93.